The lowest BCUT2D eigenvalue weighted by Gasteiger charge is -1.92. The summed E-state index contributed by atoms with van der Waals surface area (Å²) in [5.74, 6) is 1.32. The van der Waals surface area contributed by atoms with E-state index in [0.29, 0.717) is 17.3 Å². The van der Waals surface area contributed by atoms with E-state index in [1.165, 1.54) is 19.8 Å². The Morgan fingerprint density at radius 1 is 1.43 bits per heavy atom. The molecule has 1 aromatic rings. The van der Waals surface area contributed by atoms with E-state index in [2.05, 4.69) is 11.9 Å². The molecule has 0 bridgehead atoms. The minimum Gasteiger partial charge on any atom is -0.445 e. The molecule has 1 rings (SSSR count). The number of Topliss-reactive ketones (excluding diaryl/α,β-unsaturated/α-hetero) is 1. The summed E-state index contributed by atoms with van der Waals surface area (Å²) in [6.45, 7) is 5.45. The molecule has 1 aromatic heterocycles. The number of unbranched alkanes of at least 4 members (excludes halogenated alkanes) is 2. The van der Waals surface area contributed by atoms with Crippen LogP contribution in [0.15, 0.2) is 4.42 Å². The second-order valence-electron chi connectivity index (χ2n) is 3.53. The van der Waals surface area contributed by atoms with Gasteiger partial charge in [0.25, 0.3) is 0 Å². The Hall–Kier alpha value is -1.12. The highest BCUT2D eigenvalue weighted by atomic mass is 16.4. The van der Waals surface area contributed by atoms with Crippen LogP contribution in [0.2, 0.25) is 0 Å². The summed E-state index contributed by atoms with van der Waals surface area (Å²) >= 11 is 0. The number of aromatic nitrogens is 1. The van der Waals surface area contributed by atoms with Crippen LogP contribution < -0.4 is 0 Å². The first-order chi connectivity index (χ1) is 6.65. The number of carbonyl (C=O) groups excluding carboxylic acids is 1. The van der Waals surface area contributed by atoms with Crippen LogP contribution in [0.25, 0.3) is 0 Å². The summed E-state index contributed by atoms with van der Waals surface area (Å²) in [6, 6.07) is 0. The van der Waals surface area contributed by atoms with Crippen molar-refractivity contribution >= 4 is 5.78 Å². The molecule has 14 heavy (non-hydrogen) atoms. The average Bonchev–Trinajstić information content (AvgIpc) is 2.47. The van der Waals surface area contributed by atoms with Crippen molar-refractivity contribution in [1.82, 2.24) is 4.98 Å². The molecule has 0 saturated carbocycles. The third-order valence-electron chi connectivity index (χ3n) is 2.17. The Kier molecular flexibility index (Phi) is 3.86. The van der Waals surface area contributed by atoms with E-state index < -0.39 is 0 Å². The van der Waals surface area contributed by atoms with Crippen LogP contribution in [-0.4, -0.2) is 10.8 Å². The van der Waals surface area contributed by atoms with E-state index in [0.717, 1.165) is 12.8 Å². The van der Waals surface area contributed by atoms with Gasteiger partial charge in [0.2, 0.25) is 0 Å². The molecule has 0 aliphatic heterocycles. The highest BCUT2D eigenvalue weighted by Gasteiger charge is 2.12. The SMILES string of the molecule is CCCCCc1nc(C(C)=O)c(C)o1. The fourth-order valence-corrected chi connectivity index (χ4v) is 1.41. The summed E-state index contributed by atoms with van der Waals surface area (Å²) in [5, 5.41) is 0. The molecule has 0 N–H and O–H groups in total. The number of ketones is 1. The summed E-state index contributed by atoms with van der Waals surface area (Å²) < 4.78 is 5.39. The molecule has 0 fully saturated rings. The first-order valence-corrected chi connectivity index (χ1v) is 5.12. The van der Waals surface area contributed by atoms with Gasteiger partial charge in [-0.05, 0) is 13.3 Å². The summed E-state index contributed by atoms with van der Waals surface area (Å²) in [6.07, 6.45) is 4.27. The number of nitrogens with zero attached hydrogens (tertiary/aromatic N) is 1. The van der Waals surface area contributed by atoms with Gasteiger partial charge < -0.3 is 4.42 Å². The first kappa shape index (κ1) is 11.0. The molecule has 0 unspecified atom stereocenters. The summed E-state index contributed by atoms with van der Waals surface area (Å²) in [4.78, 5) is 15.3. The Balaban J connectivity index is 2.62. The van der Waals surface area contributed by atoms with Gasteiger partial charge in [0, 0.05) is 13.3 Å². The van der Waals surface area contributed by atoms with Gasteiger partial charge in [0.05, 0.1) is 0 Å². The Morgan fingerprint density at radius 2 is 2.14 bits per heavy atom. The Labute approximate surface area is 84.5 Å². The van der Waals surface area contributed by atoms with Crippen molar-refractivity contribution < 1.29 is 9.21 Å². The maximum atomic E-state index is 11.1. The molecular weight excluding hydrogens is 178 g/mol. The zero-order valence-electron chi connectivity index (χ0n) is 9.09. The summed E-state index contributed by atoms with van der Waals surface area (Å²) in [7, 11) is 0. The molecule has 0 spiro atoms. The van der Waals surface area contributed by atoms with Crippen LogP contribution in [0.3, 0.4) is 0 Å². The van der Waals surface area contributed by atoms with Gasteiger partial charge in [0.15, 0.2) is 11.7 Å². The van der Waals surface area contributed by atoms with Crippen LogP contribution in [-0.2, 0) is 6.42 Å². The maximum absolute atomic E-state index is 11.1. The smallest absolute Gasteiger partial charge is 0.195 e. The minimum atomic E-state index is -0.0204. The third-order valence-corrected chi connectivity index (χ3v) is 2.17. The lowest BCUT2D eigenvalue weighted by Crippen LogP contribution is -1.95. The molecule has 1 heterocycles. The van der Waals surface area contributed by atoms with E-state index >= 15 is 0 Å². The molecule has 0 saturated heterocycles. The molecule has 0 atom stereocenters. The van der Waals surface area contributed by atoms with E-state index in [1.54, 1.807) is 6.92 Å². The minimum absolute atomic E-state index is 0.0204. The van der Waals surface area contributed by atoms with Crippen molar-refractivity contribution in [1.29, 1.82) is 0 Å². The number of carbonyl (C=O) groups is 1. The van der Waals surface area contributed by atoms with Crippen LogP contribution in [0.5, 0.6) is 0 Å². The van der Waals surface area contributed by atoms with Crippen LogP contribution >= 0.6 is 0 Å². The second kappa shape index (κ2) is 4.94. The molecular formula is C11H17NO2. The third kappa shape index (κ3) is 2.69. The maximum Gasteiger partial charge on any atom is 0.195 e. The van der Waals surface area contributed by atoms with Crippen molar-refractivity contribution in [3.63, 3.8) is 0 Å². The van der Waals surface area contributed by atoms with Crippen molar-refractivity contribution in [2.75, 3.05) is 0 Å². The average molecular weight is 195 g/mol. The Morgan fingerprint density at radius 3 is 2.64 bits per heavy atom. The molecule has 0 aliphatic rings. The monoisotopic (exact) mass is 195 g/mol. The highest BCUT2D eigenvalue weighted by Crippen LogP contribution is 2.12. The number of hydrogen-bond acceptors (Lipinski definition) is 3. The first-order valence-electron chi connectivity index (χ1n) is 5.12. The normalized spacial score (nSPS) is 10.5. The van der Waals surface area contributed by atoms with Crippen LogP contribution in [0, 0.1) is 6.92 Å². The largest absolute Gasteiger partial charge is 0.445 e. The van der Waals surface area contributed by atoms with Gasteiger partial charge in [0.1, 0.15) is 11.5 Å². The molecule has 3 heteroatoms. The van der Waals surface area contributed by atoms with Crippen molar-refractivity contribution in [2.45, 2.75) is 46.5 Å². The predicted molar refractivity (Wildman–Crippen MR) is 54.5 cm³/mol. The van der Waals surface area contributed by atoms with Crippen molar-refractivity contribution in [2.24, 2.45) is 0 Å². The zero-order chi connectivity index (χ0) is 10.6. The quantitative estimate of drug-likeness (QED) is 0.536. The zero-order valence-corrected chi connectivity index (χ0v) is 9.09. The lowest BCUT2D eigenvalue weighted by molar-refractivity contribution is 0.101. The molecule has 3 nitrogen and oxygen atoms in total. The topological polar surface area (TPSA) is 43.1 Å². The fourth-order valence-electron chi connectivity index (χ4n) is 1.41. The van der Waals surface area contributed by atoms with Gasteiger partial charge in [-0.15, -0.1) is 0 Å². The lowest BCUT2D eigenvalue weighted by atomic mass is 10.2. The standard InChI is InChI=1S/C11H17NO2/c1-4-5-6-7-10-12-11(8(2)13)9(3)14-10/h4-7H2,1-3H3. The number of oxazole rings is 1. The fraction of sp³-hybridized carbons (Fsp3) is 0.636. The molecule has 0 aliphatic carbocycles. The summed E-state index contributed by atoms with van der Waals surface area (Å²) in [5.41, 5.74) is 0.483. The molecule has 78 valence electrons. The van der Waals surface area contributed by atoms with Gasteiger partial charge in [-0.1, -0.05) is 19.8 Å². The second-order valence-corrected chi connectivity index (χ2v) is 3.53. The number of aryl methyl sites for hydroxylation is 2. The van der Waals surface area contributed by atoms with E-state index in [4.69, 9.17) is 4.42 Å². The molecule has 0 amide bonds. The highest BCUT2D eigenvalue weighted by molar-refractivity contribution is 5.92. The van der Waals surface area contributed by atoms with E-state index in [9.17, 15) is 4.79 Å². The van der Waals surface area contributed by atoms with Gasteiger partial charge in [-0.3, -0.25) is 4.79 Å². The van der Waals surface area contributed by atoms with E-state index in [-0.39, 0.29) is 5.78 Å². The van der Waals surface area contributed by atoms with Gasteiger partial charge in [-0.25, -0.2) is 4.98 Å². The molecule has 0 radical (unpaired) electrons. The van der Waals surface area contributed by atoms with Crippen LogP contribution in [0.1, 0.15) is 55.2 Å². The predicted octanol–water partition coefficient (Wildman–Crippen LogP) is 2.92. The van der Waals surface area contributed by atoms with Crippen molar-refractivity contribution in [3.8, 4) is 0 Å². The number of hydrogen-bond donors (Lipinski definition) is 0. The number of rotatable bonds is 5. The van der Waals surface area contributed by atoms with Crippen molar-refractivity contribution in [3.05, 3.63) is 17.3 Å². The van der Waals surface area contributed by atoms with Gasteiger partial charge >= 0.3 is 0 Å². The Bertz CT molecular complexity index is 315. The molecule has 0 aromatic carbocycles. The van der Waals surface area contributed by atoms with Gasteiger partial charge in [-0.2, -0.15) is 0 Å². The van der Waals surface area contributed by atoms with E-state index in [1.807, 2.05) is 0 Å². The van der Waals surface area contributed by atoms with Crippen LogP contribution in [0.4, 0.5) is 0 Å².